The molecule has 0 aromatic carbocycles. The minimum absolute atomic E-state index is 0.212. The van der Waals surface area contributed by atoms with Gasteiger partial charge in [0.25, 0.3) is 0 Å². The lowest BCUT2D eigenvalue weighted by atomic mass is 9.81. The summed E-state index contributed by atoms with van der Waals surface area (Å²) in [7, 11) is 1.75. The largest absolute Gasteiger partial charge is 0.487 e. The van der Waals surface area contributed by atoms with Gasteiger partial charge in [-0.15, -0.1) is 0 Å². The zero-order valence-electron chi connectivity index (χ0n) is 9.89. The Hall–Kier alpha value is -0.0200. The number of thiophene rings is 1. The van der Waals surface area contributed by atoms with Gasteiger partial charge in [-0.2, -0.15) is 0 Å². The van der Waals surface area contributed by atoms with E-state index in [2.05, 4.69) is 42.8 Å². The minimum atomic E-state index is 0.212. The van der Waals surface area contributed by atoms with E-state index in [-0.39, 0.29) is 5.41 Å². The molecule has 3 heteroatoms. The molecule has 0 N–H and O–H groups in total. The number of hydrogen-bond donors (Lipinski definition) is 0. The topological polar surface area (TPSA) is 9.23 Å². The van der Waals surface area contributed by atoms with Gasteiger partial charge < -0.3 is 4.74 Å². The van der Waals surface area contributed by atoms with Crippen LogP contribution < -0.4 is 4.74 Å². The number of ether oxygens (including phenoxy) is 1. The predicted molar refractivity (Wildman–Crippen MR) is 71.1 cm³/mol. The summed E-state index contributed by atoms with van der Waals surface area (Å²) >= 11 is 5.19. The molecule has 1 aromatic rings. The van der Waals surface area contributed by atoms with Crippen molar-refractivity contribution in [2.24, 2.45) is 0 Å². The SMILES string of the molecule is CCCCC(C)(C)c1cc(Br)sc1OC. The van der Waals surface area contributed by atoms with Crippen LogP contribution in [0.1, 0.15) is 45.6 Å². The maximum Gasteiger partial charge on any atom is 0.178 e. The van der Waals surface area contributed by atoms with E-state index in [4.69, 9.17) is 4.74 Å². The van der Waals surface area contributed by atoms with Gasteiger partial charge in [0.05, 0.1) is 10.9 Å². The van der Waals surface area contributed by atoms with Gasteiger partial charge in [-0.25, -0.2) is 0 Å². The molecule has 0 radical (unpaired) electrons. The highest BCUT2D eigenvalue weighted by Crippen LogP contribution is 2.42. The van der Waals surface area contributed by atoms with Crippen LogP contribution in [0.2, 0.25) is 0 Å². The van der Waals surface area contributed by atoms with Crippen LogP contribution in [-0.4, -0.2) is 7.11 Å². The van der Waals surface area contributed by atoms with Crippen LogP contribution in [0.4, 0.5) is 0 Å². The quantitative estimate of drug-likeness (QED) is 0.743. The number of unbranched alkanes of at least 4 members (excludes halogenated alkanes) is 1. The van der Waals surface area contributed by atoms with E-state index in [1.165, 1.54) is 24.8 Å². The number of rotatable bonds is 5. The van der Waals surface area contributed by atoms with Crippen LogP contribution in [-0.2, 0) is 5.41 Å². The van der Waals surface area contributed by atoms with Crippen molar-refractivity contribution in [3.8, 4) is 5.06 Å². The van der Waals surface area contributed by atoms with Crippen molar-refractivity contribution in [2.45, 2.75) is 45.4 Å². The molecular formula is C12H19BrOS. The number of methoxy groups -OCH3 is 1. The standard InChI is InChI=1S/C12H19BrOS/c1-5-6-7-12(2,3)9-8-10(13)15-11(9)14-4/h8H,5-7H2,1-4H3. The normalized spacial score (nSPS) is 11.8. The number of hydrogen-bond acceptors (Lipinski definition) is 2. The Kier molecular flexibility index (Phi) is 4.65. The summed E-state index contributed by atoms with van der Waals surface area (Å²) in [6.45, 7) is 6.82. The molecule has 15 heavy (non-hydrogen) atoms. The summed E-state index contributed by atoms with van der Waals surface area (Å²) in [6.07, 6.45) is 3.73. The van der Waals surface area contributed by atoms with Gasteiger partial charge in [-0.05, 0) is 33.8 Å². The van der Waals surface area contributed by atoms with Crippen molar-refractivity contribution >= 4 is 27.3 Å². The second-order valence-electron chi connectivity index (χ2n) is 4.44. The molecule has 86 valence electrons. The second-order valence-corrected chi connectivity index (χ2v) is 6.84. The Labute approximate surface area is 105 Å². The summed E-state index contributed by atoms with van der Waals surface area (Å²) in [6, 6.07) is 2.19. The molecule has 1 nitrogen and oxygen atoms in total. The molecule has 0 amide bonds. The van der Waals surface area contributed by atoms with Crippen molar-refractivity contribution in [2.75, 3.05) is 7.11 Å². The summed E-state index contributed by atoms with van der Waals surface area (Å²) in [4.78, 5) is 0. The minimum Gasteiger partial charge on any atom is -0.487 e. The first-order valence-corrected chi connectivity index (χ1v) is 6.96. The summed E-state index contributed by atoms with van der Waals surface area (Å²) in [5.41, 5.74) is 1.54. The lowest BCUT2D eigenvalue weighted by Gasteiger charge is -2.24. The molecule has 0 fully saturated rings. The Morgan fingerprint density at radius 1 is 1.47 bits per heavy atom. The molecule has 1 aromatic heterocycles. The summed E-state index contributed by atoms with van der Waals surface area (Å²) in [5, 5.41) is 1.04. The fourth-order valence-corrected chi connectivity index (χ4v) is 3.27. The third kappa shape index (κ3) is 3.22. The van der Waals surface area contributed by atoms with Crippen molar-refractivity contribution in [1.29, 1.82) is 0 Å². The first-order valence-electron chi connectivity index (χ1n) is 5.35. The van der Waals surface area contributed by atoms with E-state index in [0.717, 1.165) is 8.85 Å². The second kappa shape index (κ2) is 5.35. The summed E-state index contributed by atoms with van der Waals surface area (Å²) < 4.78 is 6.57. The molecule has 0 aliphatic rings. The van der Waals surface area contributed by atoms with E-state index in [1.54, 1.807) is 18.4 Å². The average Bonchev–Trinajstić information content (AvgIpc) is 2.57. The fraction of sp³-hybridized carbons (Fsp3) is 0.667. The van der Waals surface area contributed by atoms with E-state index in [9.17, 15) is 0 Å². The van der Waals surface area contributed by atoms with Gasteiger partial charge in [-0.3, -0.25) is 0 Å². The molecule has 1 rings (SSSR count). The highest BCUT2D eigenvalue weighted by Gasteiger charge is 2.25. The van der Waals surface area contributed by atoms with Crippen LogP contribution in [0.25, 0.3) is 0 Å². The van der Waals surface area contributed by atoms with Crippen LogP contribution >= 0.6 is 27.3 Å². The molecule has 0 saturated carbocycles. The molecule has 0 atom stereocenters. The zero-order chi connectivity index (χ0) is 11.5. The molecule has 0 aliphatic heterocycles. The Morgan fingerprint density at radius 3 is 2.67 bits per heavy atom. The van der Waals surface area contributed by atoms with Crippen molar-refractivity contribution in [1.82, 2.24) is 0 Å². The fourth-order valence-electron chi connectivity index (χ4n) is 1.72. The van der Waals surface area contributed by atoms with E-state index in [1.807, 2.05) is 0 Å². The molecule has 0 unspecified atom stereocenters. The van der Waals surface area contributed by atoms with Crippen molar-refractivity contribution in [3.05, 3.63) is 15.4 Å². The lowest BCUT2D eigenvalue weighted by Crippen LogP contribution is -2.16. The van der Waals surface area contributed by atoms with Gasteiger partial charge in [0, 0.05) is 5.56 Å². The highest BCUT2D eigenvalue weighted by molar-refractivity contribution is 9.11. The maximum atomic E-state index is 5.42. The third-order valence-corrected chi connectivity index (χ3v) is 4.34. The smallest absolute Gasteiger partial charge is 0.178 e. The van der Waals surface area contributed by atoms with Crippen molar-refractivity contribution in [3.63, 3.8) is 0 Å². The Morgan fingerprint density at radius 2 is 2.13 bits per heavy atom. The highest BCUT2D eigenvalue weighted by atomic mass is 79.9. The van der Waals surface area contributed by atoms with E-state index >= 15 is 0 Å². The maximum absolute atomic E-state index is 5.42. The monoisotopic (exact) mass is 290 g/mol. The van der Waals surface area contributed by atoms with Gasteiger partial charge in [0.2, 0.25) is 0 Å². The van der Waals surface area contributed by atoms with Crippen LogP contribution in [0, 0.1) is 0 Å². The van der Waals surface area contributed by atoms with E-state index in [0.29, 0.717) is 0 Å². The molecule has 0 spiro atoms. The molecule has 1 heterocycles. The lowest BCUT2D eigenvalue weighted by molar-refractivity contribution is 0.392. The van der Waals surface area contributed by atoms with Gasteiger partial charge in [0.1, 0.15) is 0 Å². The van der Waals surface area contributed by atoms with Crippen LogP contribution in [0.3, 0.4) is 0 Å². The first-order chi connectivity index (χ1) is 7.01. The third-order valence-electron chi connectivity index (χ3n) is 2.74. The van der Waals surface area contributed by atoms with Gasteiger partial charge >= 0.3 is 0 Å². The van der Waals surface area contributed by atoms with Crippen molar-refractivity contribution < 1.29 is 4.74 Å². The molecule has 0 bridgehead atoms. The Bertz CT molecular complexity index is 317. The number of halogens is 1. The van der Waals surface area contributed by atoms with Crippen LogP contribution in [0.5, 0.6) is 5.06 Å². The van der Waals surface area contributed by atoms with Gasteiger partial charge in [0.15, 0.2) is 5.06 Å². The van der Waals surface area contributed by atoms with Gasteiger partial charge in [-0.1, -0.05) is 44.9 Å². The average molecular weight is 291 g/mol. The van der Waals surface area contributed by atoms with Crippen LogP contribution in [0.15, 0.2) is 9.85 Å². The summed E-state index contributed by atoms with van der Waals surface area (Å²) in [5.74, 6) is 0. The predicted octanol–water partition coefficient (Wildman–Crippen LogP) is 4.99. The van der Waals surface area contributed by atoms with E-state index < -0.39 is 0 Å². The molecule has 0 saturated heterocycles. The molecule has 0 aliphatic carbocycles. The molecular weight excluding hydrogens is 272 g/mol. The Balaban J connectivity index is 2.91. The first kappa shape index (κ1) is 13.0. The zero-order valence-corrected chi connectivity index (χ0v) is 12.3.